The molecule has 20 heavy (non-hydrogen) atoms. The summed E-state index contributed by atoms with van der Waals surface area (Å²) in [5.41, 5.74) is 1.26. The minimum absolute atomic E-state index is 0.0282. The maximum absolute atomic E-state index is 12.9. The second kappa shape index (κ2) is 4.62. The summed E-state index contributed by atoms with van der Waals surface area (Å²) < 4.78 is 0. The van der Waals surface area contributed by atoms with Crippen molar-refractivity contribution in [1.29, 1.82) is 0 Å². The number of aryl methyl sites for hydroxylation is 1. The second-order valence-electron chi connectivity index (χ2n) is 5.90. The molecular formula is C16H20N2O2. The van der Waals surface area contributed by atoms with Crippen molar-refractivity contribution in [1.82, 2.24) is 5.32 Å². The molecule has 1 saturated heterocycles. The summed E-state index contributed by atoms with van der Waals surface area (Å²) in [6, 6.07) is 7.84. The number of carbonyl (C=O) groups is 2. The van der Waals surface area contributed by atoms with Crippen molar-refractivity contribution in [2.75, 3.05) is 11.4 Å². The lowest BCUT2D eigenvalue weighted by Gasteiger charge is -2.40. The molecule has 4 heteroatoms. The Labute approximate surface area is 119 Å². The fraction of sp³-hybridized carbons (Fsp3) is 0.500. The predicted octanol–water partition coefficient (Wildman–Crippen LogP) is 1.88. The van der Waals surface area contributed by atoms with Crippen LogP contribution in [0.25, 0.3) is 0 Å². The van der Waals surface area contributed by atoms with Crippen LogP contribution in [0.5, 0.6) is 0 Å². The summed E-state index contributed by atoms with van der Waals surface area (Å²) >= 11 is 0. The van der Waals surface area contributed by atoms with Crippen LogP contribution >= 0.6 is 0 Å². The standard InChI is InChI=1S/C16H20N2O2/c1-3-11-6-4-5-7-13(11)18-10-14(19)17-16(2,15(18)20)12-8-9-12/h4-7,12H,3,8-10H2,1-2H3,(H,17,19). The van der Waals surface area contributed by atoms with Crippen LogP contribution in [0, 0.1) is 5.92 Å². The first kappa shape index (κ1) is 13.2. The van der Waals surface area contributed by atoms with Crippen molar-refractivity contribution < 1.29 is 9.59 Å². The Morgan fingerprint density at radius 3 is 2.65 bits per heavy atom. The summed E-state index contributed by atoms with van der Waals surface area (Å²) in [4.78, 5) is 26.6. The Morgan fingerprint density at radius 2 is 2.00 bits per heavy atom. The van der Waals surface area contributed by atoms with Gasteiger partial charge in [-0.25, -0.2) is 0 Å². The first-order chi connectivity index (χ1) is 9.56. The van der Waals surface area contributed by atoms with Gasteiger partial charge in [0.1, 0.15) is 12.1 Å². The molecule has 1 aromatic rings. The number of piperazine rings is 1. The third kappa shape index (κ3) is 1.99. The van der Waals surface area contributed by atoms with Crippen molar-refractivity contribution >= 4 is 17.5 Å². The van der Waals surface area contributed by atoms with Crippen LogP contribution in [0.4, 0.5) is 5.69 Å². The van der Waals surface area contributed by atoms with E-state index in [1.165, 1.54) is 0 Å². The summed E-state index contributed by atoms with van der Waals surface area (Å²) in [7, 11) is 0. The lowest BCUT2D eigenvalue weighted by molar-refractivity contribution is -0.136. The van der Waals surface area contributed by atoms with E-state index in [9.17, 15) is 9.59 Å². The van der Waals surface area contributed by atoms with Gasteiger partial charge in [0.2, 0.25) is 5.91 Å². The molecule has 4 nitrogen and oxygen atoms in total. The van der Waals surface area contributed by atoms with E-state index in [1.807, 2.05) is 31.2 Å². The van der Waals surface area contributed by atoms with Gasteiger partial charge in [-0.15, -0.1) is 0 Å². The van der Waals surface area contributed by atoms with E-state index in [-0.39, 0.29) is 24.3 Å². The zero-order valence-corrected chi connectivity index (χ0v) is 12.0. The van der Waals surface area contributed by atoms with Gasteiger partial charge in [0.05, 0.1) is 0 Å². The van der Waals surface area contributed by atoms with Gasteiger partial charge in [-0.05, 0) is 43.7 Å². The number of rotatable bonds is 3. The van der Waals surface area contributed by atoms with Crippen molar-refractivity contribution in [3.8, 4) is 0 Å². The molecular weight excluding hydrogens is 252 g/mol. The van der Waals surface area contributed by atoms with Crippen molar-refractivity contribution in [3.05, 3.63) is 29.8 Å². The second-order valence-corrected chi connectivity index (χ2v) is 5.90. The Hall–Kier alpha value is -1.84. The number of carbonyl (C=O) groups excluding carboxylic acids is 2. The summed E-state index contributed by atoms with van der Waals surface area (Å²) in [6.07, 6.45) is 2.89. The van der Waals surface area contributed by atoms with E-state index < -0.39 is 5.54 Å². The number of hydrogen-bond acceptors (Lipinski definition) is 2. The number of nitrogens with zero attached hydrogens (tertiary/aromatic N) is 1. The maximum Gasteiger partial charge on any atom is 0.253 e. The van der Waals surface area contributed by atoms with Crippen LogP contribution in [-0.2, 0) is 16.0 Å². The smallest absolute Gasteiger partial charge is 0.253 e. The normalized spacial score (nSPS) is 26.6. The molecule has 1 aliphatic heterocycles. The van der Waals surface area contributed by atoms with E-state index >= 15 is 0 Å². The quantitative estimate of drug-likeness (QED) is 0.913. The SMILES string of the molecule is CCc1ccccc1N1CC(=O)NC(C)(C2CC2)C1=O. The van der Waals surface area contributed by atoms with Crippen LogP contribution in [-0.4, -0.2) is 23.9 Å². The van der Waals surface area contributed by atoms with Crippen molar-refractivity contribution in [2.45, 2.75) is 38.6 Å². The minimum atomic E-state index is -0.726. The van der Waals surface area contributed by atoms with Gasteiger partial charge in [0.25, 0.3) is 5.91 Å². The highest BCUT2D eigenvalue weighted by molar-refractivity contribution is 6.09. The molecule has 1 saturated carbocycles. The molecule has 0 spiro atoms. The van der Waals surface area contributed by atoms with Crippen LogP contribution in [0.3, 0.4) is 0 Å². The van der Waals surface area contributed by atoms with Gasteiger partial charge >= 0.3 is 0 Å². The molecule has 0 bridgehead atoms. The molecule has 0 radical (unpaired) electrons. The zero-order valence-electron chi connectivity index (χ0n) is 12.0. The van der Waals surface area contributed by atoms with Crippen LogP contribution in [0.1, 0.15) is 32.3 Å². The number of nitrogens with one attached hydrogen (secondary N) is 1. The van der Waals surface area contributed by atoms with Gasteiger partial charge in [-0.1, -0.05) is 25.1 Å². The third-order valence-corrected chi connectivity index (χ3v) is 4.45. The molecule has 1 heterocycles. The fourth-order valence-corrected chi connectivity index (χ4v) is 3.08. The van der Waals surface area contributed by atoms with Gasteiger partial charge in [0.15, 0.2) is 0 Å². The molecule has 1 aliphatic carbocycles. The summed E-state index contributed by atoms with van der Waals surface area (Å²) in [5.74, 6) is 0.251. The molecule has 2 aliphatic rings. The van der Waals surface area contributed by atoms with Gasteiger partial charge in [-0.3, -0.25) is 9.59 Å². The number of anilines is 1. The lowest BCUT2D eigenvalue weighted by atomic mass is 9.90. The Kier molecular flexibility index (Phi) is 3.04. The largest absolute Gasteiger partial charge is 0.340 e. The van der Waals surface area contributed by atoms with E-state index in [0.717, 1.165) is 30.5 Å². The van der Waals surface area contributed by atoms with E-state index in [0.29, 0.717) is 0 Å². The Balaban J connectivity index is 1.99. The molecule has 1 atom stereocenters. The molecule has 0 aromatic heterocycles. The monoisotopic (exact) mass is 272 g/mol. The van der Waals surface area contributed by atoms with Gasteiger partial charge < -0.3 is 10.2 Å². The molecule has 1 unspecified atom stereocenters. The van der Waals surface area contributed by atoms with Crippen LogP contribution in [0.15, 0.2) is 24.3 Å². The van der Waals surface area contributed by atoms with Crippen LogP contribution in [0.2, 0.25) is 0 Å². The molecule has 3 rings (SSSR count). The average Bonchev–Trinajstić information content (AvgIpc) is 3.27. The predicted molar refractivity (Wildman–Crippen MR) is 77.4 cm³/mol. The van der Waals surface area contributed by atoms with E-state index in [1.54, 1.807) is 4.90 Å². The topological polar surface area (TPSA) is 49.4 Å². The molecule has 2 amide bonds. The fourth-order valence-electron chi connectivity index (χ4n) is 3.08. The summed E-state index contributed by atoms with van der Waals surface area (Å²) in [6.45, 7) is 4.05. The van der Waals surface area contributed by atoms with Crippen molar-refractivity contribution in [2.24, 2.45) is 5.92 Å². The van der Waals surface area contributed by atoms with Crippen molar-refractivity contribution in [3.63, 3.8) is 0 Å². The number of para-hydroxylation sites is 1. The highest BCUT2D eigenvalue weighted by Crippen LogP contribution is 2.42. The first-order valence-electron chi connectivity index (χ1n) is 7.27. The van der Waals surface area contributed by atoms with E-state index in [4.69, 9.17) is 0 Å². The van der Waals surface area contributed by atoms with E-state index in [2.05, 4.69) is 12.2 Å². The Morgan fingerprint density at radius 1 is 1.30 bits per heavy atom. The molecule has 106 valence electrons. The molecule has 1 aromatic carbocycles. The number of hydrogen-bond donors (Lipinski definition) is 1. The number of amides is 2. The first-order valence-corrected chi connectivity index (χ1v) is 7.27. The van der Waals surface area contributed by atoms with Crippen LogP contribution < -0.4 is 10.2 Å². The highest BCUT2D eigenvalue weighted by atomic mass is 16.2. The minimum Gasteiger partial charge on any atom is -0.340 e. The van der Waals surface area contributed by atoms with Gasteiger partial charge in [0, 0.05) is 5.69 Å². The average molecular weight is 272 g/mol. The maximum atomic E-state index is 12.9. The highest BCUT2D eigenvalue weighted by Gasteiger charge is 2.52. The zero-order chi connectivity index (χ0) is 14.3. The lowest BCUT2D eigenvalue weighted by Crippen LogP contribution is -2.66. The number of benzene rings is 1. The molecule has 1 N–H and O–H groups in total. The third-order valence-electron chi connectivity index (χ3n) is 4.45. The molecule has 2 fully saturated rings. The Bertz CT molecular complexity index is 565. The summed E-state index contributed by atoms with van der Waals surface area (Å²) in [5, 5.41) is 2.91. The van der Waals surface area contributed by atoms with Gasteiger partial charge in [-0.2, -0.15) is 0 Å².